The summed E-state index contributed by atoms with van der Waals surface area (Å²) < 4.78 is 7.66. The maximum atomic E-state index is 12.3. The number of ether oxygens (including phenoxy) is 1. The Morgan fingerprint density at radius 1 is 0.848 bits per heavy atom. The van der Waals surface area contributed by atoms with Crippen molar-refractivity contribution in [2.75, 3.05) is 10.6 Å². The predicted molar refractivity (Wildman–Crippen MR) is 128 cm³/mol. The third kappa shape index (κ3) is 5.01. The van der Waals surface area contributed by atoms with Crippen molar-refractivity contribution in [3.63, 3.8) is 0 Å². The van der Waals surface area contributed by atoms with Gasteiger partial charge in [0, 0.05) is 23.1 Å². The van der Waals surface area contributed by atoms with Gasteiger partial charge in [0.05, 0.1) is 5.69 Å². The zero-order valence-corrected chi connectivity index (χ0v) is 19.3. The monoisotopic (exact) mass is 442 g/mol. The Balaban J connectivity index is 1.41. The van der Waals surface area contributed by atoms with Crippen LogP contribution in [0.3, 0.4) is 0 Å². The number of amides is 2. The number of nitrogens with zero attached hydrogens (tertiary/aromatic N) is 4. The van der Waals surface area contributed by atoms with Gasteiger partial charge < -0.3 is 15.4 Å². The van der Waals surface area contributed by atoms with Crippen molar-refractivity contribution in [3.8, 4) is 17.4 Å². The van der Waals surface area contributed by atoms with Crippen LogP contribution < -0.4 is 15.4 Å². The van der Waals surface area contributed by atoms with Gasteiger partial charge in [-0.15, -0.1) is 0 Å². The molecule has 0 atom stereocenters. The molecule has 0 aliphatic rings. The van der Waals surface area contributed by atoms with E-state index in [1.165, 1.54) is 11.9 Å². The van der Waals surface area contributed by atoms with Crippen molar-refractivity contribution in [1.82, 2.24) is 19.7 Å². The highest BCUT2D eigenvalue weighted by Crippen LogP contribution is 2.24. The summed E-state index contributed by atoms with van der Waals surface area (Å²) in [6, 6.07) is 14.3. The molecule has 0 aliphatic carbocycles. The molecular weight excluding hydrogens is 416 g/mol. The Hall–Kier alpha value is -4.20. The zero-order chi connectivity index (χ0) is 23.5. The number of carbonyl (C=O) groups excluding carboxylic acids is 1. The highest BCUT2D eigenvalue weighted by Gasteiger charge is 2.11. The van der Waals surface area contributed by atoms with Crippen LogP contribution in [0, 0.1) is 34.6 Å². The molecule has 4 rings (SSSR count). The Kier molecular flexibility index (Phi) is 6.08. The number of urea groups is 1. The van der Waals surface area contributed by atoms with E-state index in [-0.39, 0.29) is 6.03 Å². The first kappa shape index (κ1) is 22.0. The third-order valence-electron chi connectivity index (χ3n) is 5.60. The van der Waals surface area contributed by atoms with Crippen molar-refractivity contribution in [1.29, 1.82) is 0 Å². The lowest BCUT2D eigenvalue weighted by molar-refractivity contribution is 0.262. The maximum absolute atomic E-state index is 12.3. The van der Waals surface area contributed by atoms with Gasteiger partial charge in [-0.3, -0.25) is 0 Å². The molecule has 4 aromatic rings. The topological polar surface area (TPSA) is 94.0 Å². The van der Waals surface area contributed by atoms with E-state index in [1.807, 2.05) is 52.8 Å². The molecule has 0 radical (unpaired) electrons. The van der Waals surface area contributed by atoms with Crippen LogP contribution in [0.2, 0.25) is 0 Å². The zero-order valence-electron chi connectivity index (χ0n) is 19.3. The van der Waals surface area contributed by atoms with Crippen LogP contribution in [0.25, 0.3) is 5.82 Å². The quantitative estimate of drug-likeness (QED) is 0.417. The number of hydrogen-bond donors (Lipinski definition) is 2. The third-order valence-corrected chi connectivity index (χ3v) is 5.60. The number of benzene rings is 2. The average molecular weight is 443 g/mol. The van der Waals surface area contributed by atoms with Crippen LogP contribution in [-0.2, 0) is 0 Å². The Labute approximate surface area is 192 Å². The molecule has 0 unspecified atom stereocenters. The number of hydrogen-bond acceptors (Lipinski definition) is 5. The molecule has 0 aliphatic heterocycles. The molecule has 168 valence electrons. The summed E-state index contributed by atoms with van der Waals surface area (Å²) in [4.78, 5) is 20.8. The van der Waals surface area contributed by atoms with Crippen LogP contribution in [-0.4, -0.2) is 25.8 Å². The summed E-state index contributed by atoms with van der Waals surface area (Å²) in [7, 11) is 0. The lowest BCUT2D eigenvalue weighted by Gasteiger charge is -2.10. The summed E-state index contributed by atoms with van der Waals surface area (Å²) in [5.74, 6) is 1.62. The maximum Gasteiger partial charge on any atom is 0.323 e. The van der Waals surface area contributed by atoms with E-state index in [2.05, 4.69) is 25.7 Å². The van der Waals surface area contributed by atoms with Gasteiger partial charge in [-0.2, -0.15) is 5.10 Å². The first-order valence-corrected chi connectivity index (χ1v) is 10.6. The molecular formula is C25H26N6O2. The number of rotatable bonds is 5. The number of anilines is 2. The highest BCUT2D eigenvalue weighted by molar-refractivity contribution is 5.99. The van der Waals surface area contributed by atoms with Gasteiger partial charge >= 0.3 is 6.03 Å². The molecule has 0 bridgehead atoms. The van der Waals surface area contributed by atoms with Gasteiger partial charge in [0.1, 0.15) is 12.1 Å². The number of aromatic nitrogens is 4. The second-order valence-electron chi connectivity index (χ2n) is 7.93. The van der Waals surface area contributed by atoms with E-state index < -0.39 is 0 Å². The summed E-state index contributed by atoms with van der Waals surface area (Å²) in [5, 5.41) is 10.2. The van der Waals surface area contributed by atoms with E-state index in [4.69, 9.17) is 4.74 Å². The van der Waals surface area contributed by atoms with E-state index in [0.717, 1.165) is 28.2 Å². The summed E-state index contributed by atoms with van der Waals surface area (Å²) in [6.07, 6.45) is 1.45. The second kappa shape index (κ2) is 9.12. The van der Waals surface area contributed by atoms with Crippen LogP contribution in [0.15, 0.2) is 54.9 Å². The molecule has 0 spiro atoms. The fourth-order valence-corrected chi connectivity index (χ4v) is 3.28. The predicted octanol–water partition coefficient (Wildman–Crippen LogP) is 5.64. The molecule has 0 saturated heterocycles. The van der Waals surface area contributed by atoms with Gasteiger partial charge in [0.2, 0.25) is 5.88 Å². The van der Waals surface area contributed by atoms with E-state index in [1.54, 1.807) is 35.0 Å². The molecule has 0 saturated carbocycles. The minimum absolute atomic E-state index is 0.312. The van der Waals surface area contributed by atoms with E-state index in [0.29, 0.717) is 23.1 Å². The normalized spacial score (nSPS) is 10.7. The van der Waals surface area contributed by atoms with Crippen LogP contribution in [0.1, 0.15) is 28.1 Å². The Morgan fingerprint density at radius 3 is 2.21 bits per heavy atom. The fourth-order valence-electron chi connectivity index (χ4n) is 3.28. The highest BCUT2D eigenvalue weighted by atomic mass is 16.5. The summed E-state index contributed by atoms with van der Waals surface area (Å²) in [5.41, 5.74) is 6.79. The van der Waals surface area contributed by atoms with Gasteiger partial charge in [0.15, 0.2) is 5.82 Å². The van der Waals surface area contributed by atoms with Gasteiger partial charge in [0.25, 0.3) is 0 Å². The van der Waals surface area contributed by atoms with Crippen molar-refractivity contribution in [2.24, 2.45) is 0 Å². The minimum Gasteiger partial charge on any atom is -0.439 e. The number of nitrogens with one attached hydrogen (secondary N) is 2. The Bertz CT molecular complexity index is 1310. The second-order valence-corrected chi connectivity index (χ2v) is 7.93. The molecule has 8 heteroatoms. The van der Waals surface area contributed by atoms with Crippen molar-refractivity contribution < 1.29 is 9.53 Å². The molecule has 2 aromatic carbocycles. The van der Waals surface area contributed by atoms with Crippen LogP contribution in [0.5, 0.6) is 11.6 Å². The smallest absolute Gasteiger partial charge is 0.323 e. The Morgan fingerprint density at radius 2 is 1.55 bits per heavy atom. The molecule has 8 nitrogen and oxygen atoms in total. The number of carbonyl (C=O) groups is 1. The minimum atomic E-state index is -0.312. The summed E-state index contributed by atoms with van der Waals surface area (Å²) >= 11 is 0. The SMILES string of the molecule is Cc1ccc(NC(=O)Nc2ccc(Oc3cc(-n4nc(C)c(C)c4C)ncn3)cc2)cc1C. The summed E-state index contributed by atoms with van der Waals surface area (Å²) in [6.45, 7) is 10.0. The van der Waals surface area contributed by atoms with Crippen molar-refractivity contribution >= 4 is 17.4 Å². The first-order valence-electron chi connectivity index (χ1n) is 10.6. The lowest BCUT2D eigenvalue weighted by atomic mass is 10.1. The first-order chi connectivity index (χ1) is 15.8. The molecule has 2 aromatic heterocycles. The van der Waals surface area contributed by atoms with Gasteiger partial charge in [-0.1, -0.05) is 6.07 Å². The van der Waals surface area contributed by atoms with Crippen LogP contribution in [0.4, 0.5) is 16.2 Å². The number of aryl methyl sites for hydroxylation is 3. The standard InChI is InChI=1S/C25H26N6O2/c1-15-6-7-21(12-16(15)2)29-25(32)28-20-8-10-22(11-9-20)33-24-13-23(26-14-27-24)31-19(5)17(3)18(4)30-31/h6-14H,1-5H3,(H2,28,29,32). The molecule has 2 amide bonds. The molecule has 2 N–H and O–H groups in total. The molecule has 0 fully saturated rings. The largest absolute Gasteiger partial charge is 0.439 e. The molecule has 33 heavy (non-hydrogen) atoms. The van der Waals surface area contributed by atoms with Gasteiger partial charge in [-0.05, 0) is 87.7 Å². The van der Waals surface area contributed by atoms with Crippen molar-refractivity contribution in [3.05, 3.63) is 82.9 Å². The molecule has 2 heterocycles. The van der Waals surface area contributed by atoms with Crippen LogP contribution >= 0.6 is 0 Å². The van der Waals surface area contributed by atoms with E-state index >= 15 is 0 Å². The van der Waals surface area contributed by atoms with E-state index in [9.17, 15) is 4.79 Å². The van der Waals surface area contributed by atoms with Gasteiger partial charge in [-0.25, -0.2) is 19.4 Å². The lowest BCUT2D eigenvalue weighted by Crippen LogP contribution is -2.19. The van der Waals surface area contributed by atoms with Crippen molar-refractivity contribution in [2.45, 2.75) is 34.6 Å². The average Bonchev–Trinajstić information content (AvgIpc) is 3.05. The fraction of sp³-hybridized carbons (Fsp3) is 0.200.